The van der Waals surface area contributed by atoms with E-state index in [4.69, 9.17) is 0 Å². The van der Waals surface area contributed by atoms with Gasteiger partial charge in [0, 0.05) is 17.8 Å². The molecule has 1 amide bonds. The van der Waals surface area contributed by atoms with Gasteiger partial charge in [0.15, 0.2) is 6.20 Å². The number of nitrogens with one attached hydrogen (secondary N) is 1. The van der Waals surface area contributed by atoms with E-state index in [1.165, 1.54) is 23.5 Å². The van der Waals surface area contributed by atoms with E-state index in [0.717, 1.165) is 49.4 Å². The average Bonchev–Trinajstić information content (AvgIpc) is 2.71. The molecule has 1 atom stereocenters. The topological polar surface area (TPSA) is 56.0 Å². The average molecular weight is 435 g/mol. The lowest BCUT2D eigenvalue weighted by molar-refractivity contribution is -0.645. The van der Waals surface area contributed by atoms with Crippen LogP contribution in [0.3, 0.4) is 0 Å². The summed E-state index contributed by atoms with van der Waals surface area (Å²) in [4.78, 5) is 13.6. The van der Waals surface area contributed by atoms with Gasteiger partial charge in [0.2, 0.25) is 5.91 Å². The number of nitrogens with zero attached hydrogens (tertiary/aromatic N) is 1. The molecule has 1 heterocycles. The van der Waals surface area contributed by atoms with Crippen LogP contribution in [0.15, 0.2) is 47.6 Å². The third kappa shape index (κ3) is 4.77. The molecule has 0 radical (unpaired) electrons. The molecule has 2 aromatic carbocycles. The molecule has 1 aromatic heterocycles. The van der Waals surface area contributed by atoms with Crippen LogP contribution >= 0.6 is 11.8 Å². The highest BCUT2D eigenvalue weighted by Crippen LogP contribution is 2.40. The van der Waals surface area contributed by atoms with Crippen molar-refractivity contribution in [1.29, 1.82) is 0 Å². The maximum atomic E-state index is 13.6. The molecule has 4 nitrogen and oxygen atoms in total. The van der Waals surface area contributed by atoms with Gasteiger partial charge in [-0.2, -0.15) is 4.73 Å². The predicted octanol–water partition coefficient (Wildman–Crippen LogP) is 5.95. The normalized spacial score (nSPS) is 12.0. The Morgan fingerprint density at radius 2 is 1.42 bits per heavy atom. The summed E-state index contributed by atoms with van der Waals surface area (Å²) < 4.78 is 0.818. The summed E-state index contributed by atoms with van der Waals surface area (Å²) in [6.07, 6.45) is 1.46. The molecule has 0 saturated heterocycles. The Labute approximate surface area is 189 Å². The highest BCUT2D eigenvalue weighted by atomic mass is 32.2. The molecular weight excluding hydrogens is 404 g/mol. The molecule has 0 saturated carbocycles. The lowest BCUT2D eigenvalue weighted by atomic mass is 9.92. The van der Waals surface area contributed by atoms with Gasteiger partial charge < -0.3 is 10.5 Å². The molecular formula is C26H30N2O2S. The number of amides is 1. The summed E-state index contributed by atoms with van der Waals surface area (Å²) in [6, 6.07) is 11.4. The van der Waals surface area contributed by atoms with Crippen LogP contribution in [0.25, 0.3) is 0 Å². The van der Waals surface area contributed by atoms with E-state index in [1.54, 1.807) is 12.1 Å². The first-order valence-corrected chi connectivity index (χ1v) is 11.3. The van der Waals surface area contributed by atoms with Crippen LogP contribution < -0.4 is 10.0 Å². The number of thioether (sulfide) groups is 1. The Morgan fingerprint density at radius 1 is 0.871 bits per heavy atom. The van der Waals surface area contributed by atoms with Gasteiger partial charge in [-0.05, 0) is 123 Å². The number of aromatic nitrogens is 1. The first-order valence-electron chi connectivity index (χ1n) is 10.4. The SMILES string of the molecule is Cc1cc(NC(=O)C(Sc2cccc[n+]2[O-])c2c(C)c(C)cc(C)c2C)cc(C)c1C. The van der Waals surface area contributed by atoms with Crippen LogP contribution in [0.5, 0.6) is 0 Å². The lowest BCUT2D eigenvalue weighted by Crippen LogP contribution is -2.30. The first-order chi connectivity index (χ1) is 14.6. The summed E-state index contributed by atoms with van der Waals surface area (Å²) in [7, 11) is 0. The fourth-order valence-corrected chi connectivity index (χ4v) is 5.03. The van der Waals surface area contributed by atoms with Gasteiger partial charge in [-0.1, -0.05) is 6.07 Å². The number of hydrogen-bond acceptors (Lipinski definition) is 3. The second-order valence-electron chi connectivity index (χ2n) is 8.26. The quantitative estimate of drug-likeness (QED) is 0.307. The van der Waals surface area contributed by atoms with Crippen LogP contribution in [-0.2, 0) is 4.79 Å². The zero-order valence-electron chi connectivity index (χ0n) is 19.3. The monoisotopic (exact) mass is 434 g/mol. The third-order valence-electron chi connectivity index (χ3n) is 6.15. The lowest BCUT2D eigenvalue weighted by Gasteiger charge is -2.23. The third-order valence-corrected chi connectivity index (χ3v) is 7.39. The highest BCUT2D eigenvalue weighted by molar-refractivity contribution is 8.00. The Hall–Kier alpha value is -2.79. The molecule has 31 heavy (non-hydrogen) atoms. The molecule has 0 aliphatic carbocycles. The van der Waals surface area contributed by atoms with Gasteiger partial charge in [0.05, 0.1) is 0 Å². The van der Waals surface area contributed by atoms with Crippen molar-refractivity contribution in [3.63, 3.8) is 0 Å². The molecule has 3 aromatic rings. The minimum Gasteiger partial charge on any atom is -0.618 e. The molecule has 0 spiro atoms. The van der Waals surface area contributed by atoms with E-state index in [9.17, 15) is 10.0 Å². The Kier molecular flexibility index (Phi) is 6.75. The first kappa shape index (κ1) is 22.9. The predicted molar refractivity (Wildman–Crippen MR) is 129 cm³/mol. The van der Waals surface area contributed by atoms with Crippen molar-refractivity contribution in [2.75, 3.05) is 5.32 Å². The second kappa shape index (κ2) is 9.15. The Bertz CT molecular complexity index is 1110. The highest BCUT2D eigenvalue weighted by Gasteiger charge is 2.29. The standard InChI is InChI=1S/C26H30N2O2S/c1-15-12-16(2)21(7)24(20(15)6)25(31-23-10-8-9-11-28(23)30)26(29)27-22-13-17(3)19(5)18(4)14-22/h8-14,25H,1-7H3,(H,27,29). The number of anilines is 1. The number of carbonyl (C=O) groups excluding carboxylic acids is 1. The van der Waals surface area contributed by atoms with Gasteiger partial charge in [-0.3, -0.25) is 4.79 Å². The maximum Gasteiger partial charge on any atom is 0.252 e. The maximum absolute atomic E-state index is 13.6. The van der Waals surface area contributed by atoms with Crippen molar-refractivity contribution >= 4 is 23.4 Å². The summed E-state index contributed by atoms with van der Waals surface area (Å²) in [5.74, 6) is -0.132. The number of carbonyl (C=O) groups is 1. The molecule has 0 aliphatic rings. The van der Waals surface area contributed by atoms with Crippen LogP contribution in [0.2, 0.25) is 0 Å². The van der Waals surface area contributed by atoms with Crippen molar-refractivity contribution in [3.05, 3.63) is 92.3 Å². The van der Waals surface area contributed by atoms with Crippen LogP contribution in [0.1, 0.15) is 49.8 Å². The van der Waals surface area contributed by atoms with Gasteiger partial charge in [-0.25, -0.2) is 0 Å². The van der Waals surface area contributed by atoms with E-state index in [2.05, 4.69) is 32.2 Å². The van der Waals surface area contributed by atoms with Crippen molar-refractivity contribution in [2.24, 2.45) is 0 Å². The van der Waals surface area contributed by atoms with Gasteiger partial charge in [-0.15, -0.1) is 0 Å². The van der Waals surface area contributed by atoms with Crippen molar-refractivity contribution in [1.82, 2.24) is 0 Å². The fourth-order valence-electron chi connectivity index (χ4n) is 3.82. The van der Waals surface area contributed by atoms with Crippen LogP contribution in [0.4, 0.5) is 5.69 Å². The van der Waals surface area contributed by atoms with E-state index in [1.807, 2.05) is 45.9 Å². The van der Waals surface area contributed by atoms with Crippen LogP contribution in [-0.4, -0.2) is 5.91 Å². The van der Waals surface area contributed by atoms with E-state index in [0.29, 0.717) is 5.03 Å². The molecule has 0 bridgehead atoms. The number of benzene rings is 2. The molecule has 162 valence electrons. The smallest absolute Gasteiger partial charge is 0.252 e. The number of pyridine rings is 1. The second-order valence-corrected chi connectivity index (χ2v) is 9.39. The van der Waals surface area contributed by atoms with Gasteiger partial charge >= 0.3 is 0 Å². The van der Waals surface area contributed by atoms with E-state index in [-0.39, 0.29) is 5.91 Å². The summed E-state index contributed by atoms with van der Waals surface area (Å²) in [5, 5.41) is 15.4. The van der Waals surface area contributed by atoms with Gasteiger partial charge in [0.25, 0.3) is 5.03 Å². The fraction of sp³-hybridized carbons (Fsp3) is 0.308. The molecule has 5 heteroatoms. The van der Waals surface area contributed by atoms with Crippen molar-refractivity contribution in [2.45, 2.75) is 58.7 Å². The Balaban J connectivity index is 2.09. The Morgan fingerprint density at radius 3 is 1.97 bits per heavy atom. The minimum atomic E-state index is -0.553. The minimum absolute atomic E-state index is 0.132. The summed E-state index contributed by atoms with van der Waals surface area (Å²) >= 11 is 1.29. The molecule has 1 unspecified atom stereocenters. The van der Waals surface area contributed by atoms with E-state index < -0.39 is 5.25 Å². The van der Waals surface area contributed by atoms with E-state index >= 15 is 0 Å². The van der Waals surface area contributed by atoms with Gasteiger partial charge in [0.1, 0.15) is 5.25 Å². The molecule has 0 fully saturated rings. The molecule has 0 aliphatic heterocycles. The largest absolute Gasteiger partial charge is 0.618 e. The summed E-state index contributed by atoms with van der Waals surface area (Å²) in [6.45, 7) is 14.4. The van der Waals surface area contributed by atoms with Crippen molar-refractivity contribution in [3.8, 4) is 0 Å². The number of rotatable bonds is 5. The number of hydrogen-bond donors (Lipinski definition) is 1. The zero-order valence-corrected chi connectivity index (χ0v) is 20.1. The number of aryl methyl sites for hydroxylation is 4. The molecule has 3 rings (SSSR count). The summed E-state index contributed by atoms with van der Waals surface area (Å²) in [5.41, 5.74) is 9.70. The van der Waals surface area contributed by atoms with Crippen LogP contribution in [0, 0.1) is 53.7 Å². The molecule has 1 N–H and O–H groups in total. The zero-order chi connectivity index (χ0) is 22.9. The van der Waals surface area contributed by atoms with Crippen molar-refractivity contribution < 1.29 is 9.52 Å².